The summed E-state index contributed by atoms with van der Waals surface area (Å²) < 4.78 is 14.2. The molecule has 0 saturated carbocycles. The van der Waals surface area contributed by atoms with Crippen LogP contribution in [0.5, 0.6) is 0 Å². The number of fused-ring (bicyclic) bond motifs is 2. The second-order valence-electron chi connectivity index (χ2n) is 10.0. The average Bonchev–Trinajstić information content (AvgIpc) is 3.61. The lowest BCUT2D eigenvalue weighted by atomic mass is 10.0. The van der Waals surface area contributed by atoms with Crippen molar-refractivity contribution in [1.29, 1.82) is 0 Å². The monoisotopic (exact) mass is 540 g/mol. The molecule has 0 atom stereocenters. The highest BCUT2D eigenvalue weighted by Crippen LogP contribution is 2.32. The maximum Gasteiger partial charge on any atom is 0.161 e. The summed E-state index contributed by atoms with van der Waals surface area (Å²) in [7, 11) is 0. The summed E-state index contributed by atoms with van der Waals surface area (Å²) in [6.07, 6.45) is 7.09. The second kappa shape index (κ2) is 10.4. The summed E-state index contributed by atoms with van der Waals surface area (Å²) >= 11 is 0. The smallest absolute Gasteiger partial charge is 0.161 e. The molecule has 0 saturated heterocycles. The van der Waals surface area contributed by atoms with Gasteiger partial charge in [0, 0.05) is 42.8 Å². The fraction of sp³-hybridized carbons (Fsp3) is 0.0938. The predicted octanol–water partition coefficient (Wildman–Crippen LogP) is 6.36. The fourth-order valence-electron chi connectivity index (χ4n) is 5.04. The number of aromatic amines is 2. The van der Waals surface area contributed by atoms with Gasteiger partial charge in [-0.25, -0.2) is 14.4 Å². The number of nitrogens with zero attached hydrogens (tertiary/aromatic N) is 5. The van der Waals surface area contributed by atoms with E-state index in [0.717, 1.165) is 51.1 Å². The zero-order valence-electron chi connectivity index (χ0n) is 22.2. The highest BCUT2D eigenvalue weighted by molar-refractivity contribution is 5.95. The number of rotatable bonds is 7. The van der Waals surface area contributed by atoms with E-state index in [4.69, 9.17) is 9.97 Å². The lowest BCUT2D eigenvalue weighted by Crippen LogP contribution is -2.12. The number of aryl methyl sites for hydroxylation is 1. The minimum absolute atomic E-state index is 0.298. The molecular weight excluding hydrogens is 515 g/mol. The molecule has 3 N–H and O–H groups in total. The Hall–Kier alpha value is -5.28. The molecule has 9 heteroatoms. The molecule has 5 aromatic heterocycles. The molecule has 0 aliphatic carbocycles. The number of hydrogen-bond acceptors (Lipinski definition) is 6. The van der Waals surface area contributed by atoms with Crippen molar-refractivity contribution in [2.24, 2.45) is 0 Å². The number of pyridine rings is 3. The van der Waals surface area contributed by atoms with E-state index in [-0.39, 0.29) is 5.82 Å². The third-order valence-electron chi connectivity index (χ3n) is 6.97. The van der Waals surface area contributed by atoms with Crippen molar-refractivity contribution in [3.8, 4) is 33.9 Å². The molecule has 0 radical (unpaired) electrons. The van der Waals surface area contributed by atoms with Crippen LogP contribution in [-0.4, -0.2) is 35.1 Å². The lowest BCUT2D eigenvalue weighted by molar-refractivity contribution is 0.627. The lowest BCUT2D eigenvalue weighted by Gasteiger charge is -2.07. The quantitative estimate of drug-likeness (QED) is 0.217. The van der Waals surface area contributed by atoms with Crippen molar-refractivity contribution >= 4 is 22.1 Å². The van der Waals surface area contributed by atoms with Crippen LogP contribution in [0.2, 0.25) is 0 Å². The first-order chi connectivity index (χ1) is 20.1. The zero-order chi connectivity index (χ0) is 27.8. The van der Waals surface area contributed by atoms with E-state index in [1.165, 1.54) is 17.7 Å². The van der Waals surface area contributed by atoms with Crippen LogP contribution in [0.25, 0.3) is 56.0 Å². The Morgan fingerprint density at radius 3 is 2.49 bits per heavy atom. The van der Waals surface area contributed by atoms with Gasteiger partial charge in [0.05, 0.1) is 28.4 Å². The first-order valence-corrected chi connectivity index (χ1v) is 13.3. The zero-order valence-corrected chi connectivity index (χ0v) is 22.2. The van der Waals surface area contributed by atoms with Gasteiger partial charge in [0.15, 0.2) is 11.5 Å². The fourth-order valence-corrected chi connectivity index (χ4v) is 5.04. The summed E-state index contributed by atoms with van der Waals surface area (Å²) in [4.78, 5) is 21.9. The average molecular weight is 541 g/mol. The topological polar surface area (TPSA) is 108 Å². The van der Waals surface area contributed by atoms with Crippen molar-refractivity contribution in [2.75, 3.05) is 0 Å². The van der Waals surface area contributed by atoms with Gasteiger partial charge < -0.3 is 10.3 Å². The summed E-state index contributed by atoms with van der Waals surface area (Å²) in [5.74, 6) is 0.253. The Kier molecular flexibility index (Phi) is 6.25. The number of nitrogens with one attached hydrogen (secondary N) is 3. The Bertz CT molecular complexity index is 1990. The Labute approximate surface area is 234 Å². The normalized spacial score (nSPS) is 11.5. The highest BCUT2D eigenvalue weighted by atomic mass is 19.1. The highest BCUT2D eigenvalue weighted by Gasteiger charge is 2.17. The Morgan fingerprint density at radius 1 is 0.756 bits per heavy atom. The third kappa shape index (κ3) is 4.94. The van der Waals surface area contributed by atoms with Gasteiger partial charge in [-0.05, 0) is 59.5 Å². The largest absolute Gasteiger partial charge is 0.335 e. The molecule has 200 valence electrons. The predicted molar refractivity (Wildman–Crippen MR) is 157 cm³/mol. The Balaban J connectivity index is 1.21. The molecule has 0 fully saturated rings. The number of imidazole rings is 1. The third-order valence-corrected chi connectivity index (χ3v) is 6.97. The number of halogens is 1. The molecule has 0 spiro atoms. The van der Waals surface area contributed by atoms with Crippen LogP contribution < -0.4 is 5.32 Å². The first-order valence-electron chi connectivity index (χ1n) is 13.3. The van der Waals surface area contributed by atoms with Gasteiger partial charge in [0.25, 0.3) is 0 Å². The van der Waals surface area contributed by atoms with Crippen molar-refractivity contribution in [3.63, 3.8) is 0 Å². The van der Waals surface area contributed by atoms with Gasteiger partial charge in [0.2, 0.25) is 0 Å². The first kappa shape index (κ1) is 24.7. The van der Waals surface area contributed by atoms with Gasteiger partial charge in [0.1, 0.15) is 11.3 Å². The molecule has 0 aliphatic rings. The number of hydrogen-bond donors (Lipinski definition) is 3. The standard InChI is InChI=1S/C32H25FN8/c1-19-9-22(12-24(33)10-19)25-17-36-18-28-29(25)39-32(38-28)31-30-27(40-41-31)8-7-26(37-30)23-11-21(15-35-16-23)14-34-13-20-5-3-2-4-6-20/h2-12,15-18,34H,13-14H2,1H3,(H,38,39)(H,40,41). The molecule has 0 amide bonds. The molecule has 2 aromatic carbocycles. The second-order valence-corrected chi connectivity index (χ2v) is 10.0. The van der Waals surface area contributed by atoms with Crippen molar-refractivity contribution in [2.45, 2.75) is 20.0 Å². The molecule has 41 heavy (non-hydrogen) atoms. The molecule has 5 heterocycles. The van der Waals surface area contributed by atoms with E-state index < -0.39 is 0 Å². The van der Waals surface area contributed by atoms with Gasteiger partial charge in [-0.3, -0.25) is 15.1 Å². The molecule has 8 nitrogen and oxygen atoms in total. The van der Waals surface area contributed by atoms with Crippen LogP contribution in [0, 0.1) is 12.7 Å². The van der Waals surface area contributed by atoms with E-state index in [0.29, 0.717) is 29.1 Å². The van der Waals surface area contributed by atoms with E-state index >= 15 is 0 Å². The van der Waals surface area contributed by atoms with E-state index in [1.54, 1.807) is 12.4 Å². The number of aromatic nitrogens is 7. The van der Waals surface area contributed by atoms with E-state index in [9.17, 15) is 4.39 Å². The molecule has 7 rings (SSSR count). The SMILES string of the molecule is Cc1cc(F)cc(-c2cncc3[nH]c(-c4n[nH]c5ccc(-c6cncc(CNCc7ccccc7)c6)nc45)nc23)c1. The van der Waals surface area contributed by atoms with Crippen molar-refractivity contribution in [3.05, 3.63) is 114 Å². The number of H-pyrrole nitrogens is 2. The van der Waals surface area contributed by atoms with Gasteiger partial charge in [-0.2, -0.15) is 5.10 Å². The minimum atomic E-state index is -0.298. The summed E-state index contributed by atoms with van der Waals surface area (Å²) in [6, 6.07) is 21.2. The number of benzene rings is 2. The van der Waals surface area contributed by atoms with Crippen LogP contribution in [0.3, 0.4) is 0 Å². The molecule has 7 aromatic rings. The van der Waals surface area contributed by atoms with Crippen LogP contribution in [-0.2, 0) is 13.1 Å². The summed E-state index contributed by atoms with van der Waals surface area (Å²) in [5, 5.41) is 11.1. The molecule has 0 unspecified atom stereocenters. The van der Waals surface area contributed by atoms with Crippen LogP contribution in [0.1, 0.15) is 16.7 Å². The Morgan fingerprint density at radius 2 is 1.61 bits per heavy atom. The van der Waals surface area contributed by atoms with Crippen LogP contribution >= 0.6 is 0 Å². The maximum atomic E-state index is 14.2. The van der Waals surface area contributed by atoms with Gasteiger partial charge in [-0.1, -0.05) is 36.4 Å². The molecular formula is C32H25FN8. The van der Waals surface area contributed by atoms with Crippen LogP contribution in [0.15, 0.2) is 91.5 Å². The maximum absolute atomic E-state index is 14.2. The molecule has 0 bridgehead atoms. The summed E-state index contributed by atoms with van der Waals surface area (Å²) in [5.41, 5.74) is 9.76. The van der Waals surface area contributed by atoms with Crippen LogP contribution in [0.4, 0.5) is 4.39 Å². The summed E-state index contributed by atoms with van der Waals surface area (Å²) in [6.45, 7) is 3.33. The minimum Gasteiger partial charge on any atom is -0.335 e. The van der Waals surface area contributed by atoms with Crippen molar-refractivity contribution in [1.82, 2.24) is 40.4 Å². The van der Waals surface area contributed by atoms with E-state index in [1.807, 2.05) is 55.7 Å². The van der Waals surface area contributed by atoms with E-state index in [2.05, 4.69) is 48.7 Å². The van der Waals surface area contributed by atoms with Gasteiger partial charge in [-0.15, -0.1) is 0 Å². The van der Waals surface area contributed by atoms with Gasteiger partial charge >= 0.3 is 0 Å². The molecule has 0 aliphatic heterocycles. The van der Waals surface area contributed by atoms with Crippen molar-refractivity contribution < 1.29 is 4.39 Å².